The number of hydrogen-bond donors (Lipinski definition) is 0. The molecule has 30 heavy (non-hydrogen) atoms. The highest BCUT2D eigenvalue weighted by atomic mass is 16.5. The first-order valence-corrected chi connectivity index (χ1v) is 11.5. The van der Waals surface area contributed by atoms with Crippen LogP contribution in [0.15, 0.2) is 24.3 Å². The molecular weight excluding hydrogens is 376 g/mol. The Morgan fingerprint density at radius 1 is 1.03 bits per heavy atom. The van der Waals surface area contributed by atoms with Gasteiger partial charge in [0.25, 0.3) is 0 Å². The Labute approximate surface area is 180 Å². The van der Waals surface area contributed by atoms with E-state index in [9.17, 15) is 9.59 Å². The number of fused-ring (bicyclic) bond motifs is 1. The fourth-order valence-electron chi connectivity index (χ4n) is 4.41. The van der Waals surface area contributed by atoms with Gasteiger partial charge in [-0.3, -0.25) is 9.59 Å². The molecule has 1 aromatic rings. The first-order chi connectivity index (χ1) is 14.7. The number of esters is 1. The van der Waals surface area contributed by atoms with Crippen molar-refractivity contribution in [3.05, 3.63) is 35.4 Å². The van der Waals surface area contributed by atoms with Crippen LogP contribution in [0.2, 0.25) is 0 Å². The van der Waals surface area contributed by atoms with Crippen molar-refractivity contribution < 1.29 is 19.1 Å². The number of ether oxygens (including phenoxy) is 2. The minimum atomic E-state index is -0.125. The molecule has 2 atom stereocenters. The maximum Gasteiger partial charge on any atom is 0.305 e. The Balaban J connectivity index is 1.19. The number of benzene rings is 1. The molecule has 0 amide bonds. The summed E-state index contributed by atoms with van der Waals surface area (Å²) in [5.41, 5.74) is 1.97. The Hall–Kier alpha value is -2.12. The molecule has 0 aliphatic heterocycles. The summed E-state index contributed by atoms with van der Waals surface area (Å²) >= 11 is 0. The lowest BCUT2D eigenvalue weighted by molar-refractivity contribution is -0.144. The third-order valence-corrected chi connectivity index (χ3v) is 6.30. The molecule has 0 bridgehead atoms. The van der Waals surface area contributed by atoms with Gasteiger partial charge in [0.2, 0.25) is 0 Å². The molecule has 2 unspecified atom stereocenters. The first-order valence-electron chi connectivity index (χ1n) is 11.5. The normalized spacial score (nSPS) is 22.1. The molecule has 0 radical (unpaired) electrons. The fraction of sp³-hybridized carbons (Fsp3) is 0.615. The number of carbonyl (C=O) groups is 2. The third-order valence-electron chi connectivity index (χ3n) is 6.30. The Bertz CT molecular complexity index is 755. The van der Waals surface area contributed by atoms with E-state index in [1.54, 1.807) is 0 Å². The van der Waals surface area contributed by atoms with E-state index in [0.717, 1.165) is 37.7 Å². The largest absolute Gasteiger partial charge is 0.465 e. The highest BCUT2D eigenvalue weighted by Gasteiger charge is 2.49. The molecule has 1 aromatic carbocycles. The summed E-state index contributed by atoms with van der Waals surface area (Å²) in [5.74, 6) is 8.42. The van der Waals surface area contributed by atoms with Crippen LogP contribution < -0.4 is 0 Å². The Morgan fingerprint density at radius 3 is 2.43 bits per heavy atom. The van der Waals surface area contributed by atoms with Crippen molar-refractivity contribution >= 4 is 11.8 Å². The second-order valence-corrected chi connectivity index (χ2v) is 8.40. The molecule has 1 saturated carbocycles. The van der Waals surface area contributed by atoms with Crippen LogP contribution in [0.4, 0.5) is 0 Å². The van der Waals surface area contributed by atoms with Crippen molar-refractivity contribution in [2.24, 2.45) is 17.8 Å². The van der Waals surface area contributed by atoms with Crippen LogP contribution in [0.3, 0.4) is 0 Å². The molecule has 2 aliphatic carbocycles. The second-order valence-electron chi connectivity index (χ2n) is 8.40. The summed E-state index contributed by atoms with van der Waals surface area (Å²) in [7, 11) is 0. The maximum absolute atomic E-state index is 12.2. The lowest BCUT2D eigenvalue weighted by Crippen LogP contribution is -2.10. The van der Waals surface area contributed by atoms with Gasteiger partial charge in [0.1, 0.15) is 0 Å². The van der Waals surface area contributed by atoms with Gasteiger partial charge < -0.3 is 9.47 Å². The summed E-state index contributed by atoms with van der Waals surface area (Å²) in [5, 5.41) is 0. The smallest absolute Gasteiger partial charge is 0.305 e. The minimum Gasteiger partial charge on any atom is -0.465 e. The van der Waals surface area contributed by atoms with Gasteiger partial charge in [0, 0.05) is 44.5 Å². The van der Waals surface area contributed by atoms with E-state index in [1.807, 2.05) is 24.3 Å². The fourth-order valence-corrected chi connectivity index (χ4v) is 4.41. The van der Waals surface area contributed by atoms with Crippen molar-refractivity contribution in [1.82, 2.24) is 0 Å². The van der Waals surface area contributed by atoms with Crippen molar-refractivity contribution in [1.29, 1.82) is 0 Å². The summed E-state index contributed by atoms with van der Waals surface area (Å²) < 4.78 is 11.1. The van der Waals surface area contributed by atoms with Gasteiger partial charge >= 0.3 is 5.97 Å². The Kier molecular flexibility index (Phi) is 8.96. The molecule has 4 nitrogen and oxygen atoms in total. The zero-order chi connectivity index (χ0) is 21.2. The quantitative estimate of drug-likeness (QED) is 0.211. The van der Waals surface area contributed by atoms with E-state index < -0.39 is 0 Å². The predicted molar refractivity (Wildman–Crippen MR) is 117 cm³/mol. The van der Waals surface area contributed by atoms with Crippen LogP contribution in [0.5, 0.6) is 0 Å². The average molecular weight is 411 g/mol. The molecular formula is C26H34O4. The zero-order valence-corrected chi connectivity index (χ0v) is 18.2. The van der Waals surface area contributed by atoms with Crippen LogP contribution in [0, 0.1) is 29.6 Å². The summed E-state index contributed by atoms with van der Waals surface area (Å²) in [4.78, 5) is 24.2. The van der Waals surface area contributed by atoms with Gasteiger partial charge in [0.05, 0.1) is 6.61 Å². The number of Topliss-reactive ketones (excluding diaryl/α,β-unsaturated/α-hetero) is 1. The van der Waals surface area contributed by atoms with E-state index >= 15 is 0 Å². The number of carbonyl (C=O) groups excluding carboxylic acids is 2. The van der Waals surface area contributed by atoms with Crippen LogP contribution in [0.25, 0.3) is 0 Å². The van der Waals surface area contributed by atoms with E-state index in [0.29, 0.717) is 63.3 Å². The highest BCUT2D eigenvalue weighted by Crippen LogP contribution is 2.52. The van der Waals surface area contributed by atoms with Gasteiger partial charge in [-0.2, -0.15) is 0 Å². The van der Waals surface area contributed by atoms with Crippen molar-refractivity contribution in [3.8, 4) is 11.8 Å². The topological polar surface area (TPSA) is 52.6 Å². The number of hydrogen-bond acceptors (Lipinski definition) is 4. The van der Waals surface area contributed by atoms with Gasteiger partial charge in [-0.1, -0.05) is 25.1 Å². The summed E-state index contributed by atoms with van der Waals surface area (Å²) in [6.07, 6.45) is 7.46. The maximum atomic E-state index is 12.2. The van der Waals surface area contributed by atoms with Gasteiger partial charge in [0.15, 0.2) is 5.78 Å². The molecule has 162 valence electrons. The van der Waals surface area contributed by atoms with Crippen LogP contribution in [-0.2, 0) is 20.7 Å². The molecule has 0 heterocycles. The predicted octanol–water partition coefficient (Wildman–Crippen LogP) is 4.99. The third kappa shape index (κ3) is 6.99. The molecule has 2 aliphatic rings. The van der Waals surface area contributed by atoms with E-state index in [1.165, 1.54) is 5.56 Å². The number of ketones is 1. The minimum absolute atomic E-state index is 0.125. The van der Waals surface area contributed by atoms with Gasteiger partial charge in [-0.05, 0) is 61.5 Å². The molecule has 0 saturated heterocycles. The molecule has 0 spiro atoms. The van der Waals surface area contributed by atoms with E-state index in [2.05, 4.69) is 18.8 Å². The lowest BCUT2D eigenvalue weighted by Gasteiger charge is -2.06. The molecule has 0 N–H and O–H groups in total. The number of rotatable bonds is 12. The summed E-state index contributed by atoms with van der Waals surface area (Å²) in [6, 6.07) is 7.83. The first kappa shape index (κ1) is 22.6. The number of aryl methyl sites for hydroxylation is 1. The average Bonchev–Trinajstić information content (AvgIpc) is 3.40. The second kappa shape index (κ2) is 11.9. The van der Waals surface area contributed by atoms with E-state index in [-0.39, 0.29) is 11.8 Å². The van der Waals surface area contributed by atoms with E-state index in [4.69, 9.17) is 9.47 Å². The van der Waals surface area contributed by atoms with Crippen LogP contribution in [0.1, 0.15) is 74.2 Å². The lowest BCUT2D eigenvalue weighted by atomic mass is 10.0. The Morgan fingerprint density at radius 2 is 1.73 bits per heavy atom. The summed E-state index contributed by atoms with van der Waals surface area (Å²) in [6.45, 7) is 3.72. The monoisotopic (exact) mass is 410 g/mol. The standard InChI is InChI=1S/C26H34O4/c1-2-20-10-7-11-21(18-20)25(27)14-8-16-29-17-9-15-26(28)30-19-24-22-12-5-3-4-6-13-23(22)24/h7,10-11,18,22-24H,2,5-6,8-9,12-17,19H2,1H3. The zero-order valence-electron chi connectivity index (χ0n) is 18.2. The van der Waals surface area contributed by atoms with Crippen molar-refractivity contribution in [2.45, 2.75) is 64.7 Å². The van der Waals surface area contributed by atoms with Gasteiger partial charge in [-0.15, -0.1) is 11.8 Å². The molecule has 0 aromatic heterocycles. The van der Waals surface area contributed by atoms with Crippen molar-refractivity contribution in [2.75, 3.05) is 19.8 Å². The molecule has 3 rings (SSSR count). The SMILES string of the molecule is CCc1cccc(C(=O)CCCOCCCC(=O)OCC2C3CCC#CCCC32)c1. The van der Waals surface area contributed by atoms with Crippen LogP contribution >= 0.6 is 0 Å². The van der Waals surface area contributed by atoms with Gasteiger partial charge in [-0.25, -0.2) is 0 Å². The highest BCUT2D eigenvalue weighted by molar-refractivity contribution is 5.96. The van der Waals surface area contributed by atoms with Crippen molar-refractivity contribution in [3.63, 3.8) is 0 Å². The molecule has 4 heteroatoms. The molecule has 1 fully saturated rings. The van der Waals surface area contributed by atoms with Crippen LogP contribution in [-0.4, -0.2) is 31.6 Å².